The summed E-state index contributed by atoms with van der Waals surface area (Å²) in [6.45, 7) is 5.85. The van der Waals surface area contributed by atoms with Crippen molar-refractivity contribution in [1.82, 2.24) is 4.57 Å². The molecule has 0 N–H and O–H groups in total. The van der Waals surface area contributed by atoms with Crippen LogP contribution in [-0.4, -0.2) is 37.3 Å². The smallest absolute Gasteiger partial charge is 0.338 e. The number of carbonyl (C=O) groups excluding carboxylic acids is 2. The lowest BCUT2D eigenvalue weighted by Crippen LogP contribution is -2.40. The van der Waals surface area contributed by atoms with Gasteiger partial charge in [-0.15, -0.1) is 0 Å². The number of aromatic nitrogens is 1. The van der Waals surface area contributed by atoms with Crippen LogP contribution < -0.4 is 19.6 Å². The number of hydrogen-bond donors (Lipinski definition) is 0. The van der Waals surface area contributed by atoms with Crippen LogP contribution >= 0.6 is 11.3 Å². The molecule has 43 heavy (non-hydrogen) atoms. The van der Waals surface area contributed by atoms with E-state index in [0.717, 1.165) is 17.5 Å². The van der Waals surface area contributed by atoms with Gasteiger partial charge in [0, 0.05) is 11.6 Å². The first-order valence-electron chi connectivity index (χ1n) is 13.9. The van der Waals surface area contributed by atoms with E-state index in [1.165, 1.54) is 18.4 Å². The number of nitrogens with zero attached hydrogens (tertiary/aromatic N) is 2. The molecule has 5 rings (SSSR count). The lowest BCUT2D eigenvalue weighted by molar-refractivity contribution is -0.139. The lowest BCUT2D eigenvalue weighted by atomic mass is 9.94. The van der Waals surface area contributed by atoms with E-state index in [2.05, 4.69) is 0 Å². The summed E-state index contributed by atoms with van der Waals surface area (Å²) in [5.74, 6) is 0.770. The highest BCUT2D eigenvalue weighted by Crippen LogP contribution is 2.34. The van der Waals surface area contributed by atoms with E-state index in [0.29, 0.717) is 55.4 Å². The third-order valence-electron chi connectivity index (χ3n) is 7.11. The highest BCUT2D eigenvalue weighted by Gasteiger charge is 2.34. The Balaban J connectivity index is 1.63. The molecule has 1 aliphatic heterocycles. The number of benzene rings is 2. The maximum atomic E-state index is 14.0. The molecule has 0 saturated heterocycles. The standard InChI is InChI=1S/C33H32N2O7S/c1-6-9-25-28(32(38)41-7-2)29(20-10-8-11-22(17-20)39-4)35-30(36)27(43-33(35)34-25)18-23-13-15-26(42-23)24-14-12-21(16-19(24)3)31(37)40-5/h8,10-18,29H,6-7,9H2,1-5H3/b27-18+/t29-/m0/s1. The van der Waals surface area contributed by atoms with Gasteiger partial charge >= 0.3 is 11.9 Å². The summed E-state index contributed by atoms with van der Waals surface area (Å²) >= 11 is 1.24. The Hall–Kier alpha value is -4.70. The number of hydrogen-bond acceptors (Lipinski definition) is 9. The molecular formula is C33H32N2O7S. The lowest BCUT2D eigenvalue weighted by Gasteiger charge is -2.26. The van der Waals surface area contributed by atoms with Gasteiger partial charge in [0.1, 0.15) is 17.3 Å². The molecule has 0 spiro atoms. The van der Waals surface area contributed by atoms with Crippen molar-refractivity contribution in [2.75, 3.05) is 20.8 Å². The number of allylic oxidation sites excluding steroid dienone is 1. The number of ether oxygens (including phenoxy) is 3. The average molecular weight is 601 g/mol. The van der Waals surface area contributed by atoms with Crippen LogP contribution in [0.3, 0.4) is 0 Å². The molecule has 0 bridgehead atoms. The summed E-state index contributed by atoms with van der Waals surface area (Å²) in [5, 5.41) is 0. The second kappa shape index (κ2) is 12.7. The first-order chi connectivity index (χ1) is 20.8. The zero-order valence-corrected chi connectivity index (χ0v) is 25.4. The van der Waals surface area contributed by atoms with E-state index in [4.69, 9.17) is 23.6 Å². The molecule has 9 nitrogen and oxygen atoms in total. The SMILES string of the molecule is CCCC1=C(C(=O)OCC)[C@H](c2cccc(OC)c2)n2c(s/c(=C/c3ccc(-c4ccc(C(=O)OC)cc4C)o3)c2=O)=N1. The van der Waals surface area contributed by atoms with Crippen LogP contribution in [0.25, 0.3) is 17.4 Å². The number of methoxy groups -OCH3 is 2. The predicted octanol–water partition coefficient (Wildman–Crippen LogP) is 4.94. The van der Waals surface area contributed by atoms with Crippen LogP contribution in [-0.2, 0) is 14.3 Å². The number of rotatable bonds is 9. The van der Waals surface area contributed by atoms with Crippen molar-refractivity contribution in [3.8, 4) is 17.1 Å². The van der Waals surface area contributed by atoms with Crippen molar-refractivity contribution in [1.29, 1.82) is 0 Å². The predicted molar refractivity (Wildman–Crippen MR) is 163 cm³/mol. The molecule has 0 fully saturated rings. The van der Waals surface area contributed by atoms with Gasteiger partial charge in [0.15, 0.2) is 4.80 Å². The molecule has 222 valence electrons. The minimum atomic E-state index is -0.739. The van der Waals surface area contributed by atoms with Crippen LogP contribution in [0.4, 0.5) is 0 Å². The second-order valence-electron chi connectivity index (χ2n) is 9.91. The molecule has 4 aromatic rings. The molecule has 2 aromatic heterocycles. The number of carbonyl (C=O) groups is 2. The second-order valence-corrected chi connectivity index (χ2v) is 10.9. The normalized spacial score (nSPS) is 14.7. The zero-order valence-electron chi connectivity index (χ0n) is 24.6. The Kier molecular flexibility index (Phi) is 8.77. The van der Waals surface area contributed by atoms with Gasteiger partial charge in [0.05, 0.1) is 48.2 Å². The summed E-state index contributed by atoms with van der Waals surface area (Å²) in [4.78, 5) is 44.5. The number of aryl methyl sites for hydroxylation is 1. The minimum absolute atomic E-state index is 0.197. The largest absolute Gasteiger partial charge is 0.497 e. The zero-order chi connectivity index (χ0) is 30.7. The van der Waals surface area contributed by atoms with Crippen molar-refractivity contribution in [2.24, 2.45) is 4.99 Å². The molecule has 2 aromatic carbocycles. The molecule has 0 aliphatic carbocycles. The third kappa shape index (κ3) is 5.83. The molecule has 0 amide bonds. The van der Waals surface area contributed by atoms with Gasteiger partial charge in [0.25, 0.3) is 5.56 Å². The van der Waals surface area contributed by atoms with Crippen LogP contribution in [0.5, 0.6) is 5.75 Å². The van der Waals surface area contributed by atoms with Crippen molar-refractivity contribution >= 4 is 29.4 Å². The maximum Gasteiger partial charge on any atom is 0.338 e. The van der Waals surface area contributed by atoms with Crippen LogP contribution in [0.1, 0.15) is 60.0 Å². The summed E-state index contributed by atoms with van der Waals surface area (Å²) in [5.41, 5.74) is 3.48. The van der Waals surface area contributed by atoms with Gasteiger partial charge in [-0.25, -0.2) is 14.6 Å². The molecular weight excluding hydrogens is 568 g/mol. The van der Waals surface area contributed by atoms with Gasteiger partial charge in [-0.3, -0.25) is 9.36 Å². The van der Waals surface area contributed by atoms with Crippen LogP contribution in [0, 0.1) is 6.92 Å². The Morgan fingerprint density at radius 2 is 1.88 bits per heavy atom. The summed E-state index contributed by atoms with van der Waals surface area (Å²) in [6.07, 6.45) is 2.99. The van der Waals surface area contributed by atoms with E-state index < -0.39 is 18.0 Å². The number of esters is 2. The van der Waals surface area contributed by atoms with E-state index in [-0.39, 0.29) is 12.2 Å². The van der Waals surface area contributed by atoms with Crippen molar-refractivity contribution in [3.05, 3.63) is 108 Å². The first-order valence-corrected chi connectivity index (χ1v) is 14.8. The van der Waals surface area contributed by atoms with Gasteiger partial charge in [-0.1, -0.05) is 42.9 Å². The first kappa shape index (κ1) is 29.8. The summed E-state index contributed by atoms with van der Waals surface area (Å²) in [6, 6.07) is 15.4. The molecule has 1 aliphatic rings. The fraction of sp³-hybridized carbons (Fsp3) is 0.273. The molecule has 0 saturated carbocycles. The highest BCUT2D eigenvalue weighted by atomic mass is 32.1. The molecule has 0 unspecified atom stereocenters. The topological polar surface area (TPSA) is 109 Å². The fourth-order valence-corrected chi connectivity index (χ4v) is 6.14. The molecule has 1 atom stereocenters. The molecule has 10 heteroatoms. The summed E-state index contributed by atoms with van der Waals surface area (Å²) < 4.78 is 23.8. The van der Waals surface area contributed by atoms with Gasteiger partial charge in [-0.2, -0.15) is 0 Å². The van der Waals surface area contributed by atoms with Gasteiger partial charge in [-0.05, 0) is 67.8 Å². The minimum Gasteiger partial charge on any atom is -0.497 e. The third-order valence-corrected chi connectivity index (χ3v) is 8.10. The fourth-order valence-electron chi connectivity index (χ4n) is 5.14. The van der Waals surface area contributed by atoms with E-state index >= 15 is 0 Å². The van der Waals surface area contributed by atoms with E-state index in [1.807, 2.05) is 44.2 Å². The van der Waals surface area contributed by atoms with Crippen molar-refractivity contribution < 1.29 is 28.2 Å². The van der Waals surface area contributed by atoms with Crippen LogP contribution in [0.15, 0.2) is 80.1 Å². The van der Waals surface area contributed by atoms with Gasteiger partial charge in [0.2, 0.25) is 0 Å². The van der Waals surface area contributed by atoms with Crippen LogP contribution in [0.2, 0.25) is 0 Å². The Morgan fingerprint density at radius 1 is 1.07 bits per heavy atom. The monoisotopic (exact) mass is 600 g/mol. The average Bonchev–Trinajstić information content (AvgIpc) is 3.60. The quantitative estimate of drug-likeness (QED) is 0.250. The maximum absolute atomic E-state index is 14.0. The molecule has 0 radical (unpaired) electrons. The number of thiazole rings is 1. The Morgan fingerprint density at radius 3 is 2.58 bits per heavy atom. The van der Waals surface area contributed by atoms with Crippen molar-refractivity contribution in [3.63, 3.8) is 0 Å². The van der Waals surface area contributed by atoms with Crippen molar-refractivity contribution in [2.45, 2.75) is 39.7 Å². The number of fused-ring (bicyclic) bond motifs is 1. The summed E-state index contributed by atoms with van der Waals surface area (Å²) in [7, 11) is 2.91. The Labute approximate surface area is 252 Å². The van der Waals surface area contributed by atoms with E-state index in [9.17, 15) is 14.4 Å². The van der Waals surface area contributed by atoms with E-state index in [1.54, 1.807) is 48.9 Å². The highest BCUT2D eigenvalue weighted by molar-refractivity contribution is 7.07. The Bertz CT molecular complexity index is 1910. The number of furan rings is 1. The van der Waals surface area contributed by atoms with Gasteiger partial charge < -0.3 is 18.6 Å². The molecule has 3 heterocycles.